The van der Waals surface area contributed by atoms with Crippen LogP contribution in [0.1, 0.15) is 0 Å². The van der Waals surface area contributed by atoms with Crippen molar-refractivity contribution in [3.8, 4) is 0 Å². The minimum Gasteiger partial charge on any atom is -0.547 e. The molecule has 7 nitrogen and oxygen atoms in total. The van der Waals surface area contributed by atoms with Crippen LogP contribution < -0.4 is 5.11 Å². The van der Waals surface area contributed by atoms with Crippen molar-refractivity contribution in [3.63, 3.8) is 0 Å². The highest BCUT2D eigenvalue weighted by Gasteiger charge is 2.43. The van der Waals surface area contributed by atoms with E-state index in [-0.39, 0.29) is 0 Å². The fourth-order valence-corrected chi connectivity index (χ4v) is 1.06. The number of carboxylic acid groups (broad SMARTS) is 1. The van der Waals surface area contributed by atoms with Crippen molar-refractivity contribution in [1.82, 2.24) is 0 Å². The summed E-state index contributed by atoms with van der Waals surface area (Å²) in [5.41, 5.74) is 0. The standard InChI is InChI=1S/C6H10O7/c7-1-2(8)4(5(10)11)13-6(12)3(1)9/h1-4,6-9,12H,(H,10,11)/p-1/t1-,2-,3+,4-,6?/m0/s1. The second-order valence-corrected chi connectivity index (χ2v) is 2.74. The maximum absolute atomic E-state index is 10.3. The molecule has 1 heterocycles. The Bertz CT molecular complexity index is 205. The molecule has 7 heteroatoms. The average Bonchev–Trinajstić information content (AvgIpc) is 2.07. The van der Waals surface area contributed by atoms with E-state index >= 15 is 0 Å². The Labute approximate surface area is 72.8 Å². The van der Waals surface area contributed by atoms with Gasteiger partial charge >= 0.3 is 0 Å². The van der Waals surface area contributed by atoms with Gasteiger partial charge in [0.05, 0.1) is 5.97 Å². The number of hydrogen-bond acceptors (Lipinski definition) is 7. The number of aliphatic hydroxyl groups excluding tert-OH is 4. The maximum Gasteiger partial charge on any atom is 0.184 e. The van der Waals surface area contributed by atoms with Crippen molar-refractivity contribution in [3.05, 3.63) is 0 Å². The summed E-state index contributed by atoms with van der Waals surface area (Å²) in [5, 5.41) is 46.1. The van der Waals surface area contributed by atoms with Crippen LogP contribution in [0.5, 0.6) is 0 Å². The molecular weight excluding hydrogens is 184 g/mol. The van der Waals surface area contributed by atoms with E-state index in [1.807, 2.05) is 0 Å². The van der Waals surface area contributed by atoms with E-state index in [0.29, 0.717) is 0 Å². The number of carboxylic acids is 1. The van der Waals surface area contributed by atoms with E-state index in [1.165, 1.54) is 0 Å². The van der Waals surface area contributed by atoms with Crippen LogP contribution in [-0.4, -0.2) is 57.1 Å². The summed E-state index contributed by atoms with van der Waals surface area (Å²) in [7, 11) is 0. The van der Waals surface area contributed by atoms with Crippen molar-refractivity contribution in [2.24, 2.45) is 0 Å². The summed E-state index contributed by atoms with van der Waals surface area (Å²) in [6.07, 6.45) is -9.00. The highest BCUT2D eigenvalue weighted by atomic mass is 16.6. The average molecular weight is 193 g/mol. The van der Waals surface area contributed by atoms with E-state index in [1.54, 1.807) is 0 Å². The Morgan fingerprint density at radius 3 is 2.08 bits per heavy atom. The molecule has 76 valence electrons. The van der Waals surface area contributed by atoms with Crippen LogP contribution in [0.25, 0.3) is 0 Å². The first-order valence-corrected chi connectivity index (χ1v) is 3.53. The molecule has 1 aliphatic heterocycles. The second-order valence-electron chi connectivity index (χ2n) is 2.74. The zero-order valence-electron chi connectivity index (χ0n) is 6.40. The number of rotatable bonds is 1. The molecule has 4 N–H and O–H groups in total. The van der Waals surface area contributed by atoms with E-state index in [4.69, 9.17) is 20.4 Å². The Balaban J connectivity index is 2.76. The van der Waals surface area contributed by atoms with Gasteiger partial charge < -0.3 is 35.1 Å². The highest BCUT2D eigenvalue weighted by Crippen LogP contribution is 2.19. The summed E-state index contributed by atoms with van der Waals surface area (Å²) < 4.78 is 4.28. The summed E-state index contributed by atoms with van der Waals surface area (Å²) >= 11 is 0. The molecule has 13 heavy (non-hydrogen) atoms. The molecule has 0 saturated carbocycles. The van der Waals surface area contributed by atoms with E-state index in [2.05, 4.69) is 4.74 Å². The zero-order valence-corrected chi connectivity index (χ0v) is 6.40. The van der Waals surface area contributed by atoms with Crippen molar-refractivity contribution < 1.29 is 35.1 Å². The molecule has 1 aliphatic rings. The normalized spacial score (nSPS) is 46.0. The van der Waals surface area contributed by atoms with Crippen LogP contribution in [-0.2, 0) is 9.53 Å². The molecule has 0 amide bonds. The van der Waals surface area contributed by atoms with Gasteiger partial charge in [-0.15, -0.1) is 0 Å². The molecule has 0 aromatic heterocycles. The van der Waals surface area contributed by atoms with Gasteiger partial charge in [-0.2, -0.15) is 0 Å². The predicted molar refractivity (Wildman–Crippen MR) is 33.9 cm³/mol. The third kappa shape index (κ3) is 1.79. The lowest BCUT2D eigenvalue weighted by Crippen LogP contribution is -2.62. The summed E-state index contributed by atoms with van der Waals surface area (Å²) in [6, 6.07) is 0. The van der Waals surface area contributed by atoms with Gasteiger partial charge in [-0.3, -0.25) is 0 Å². The van der Waals surface area contributed by atoms with Gasteiger partial charge in [0.25, 0.3) is 0 Å². The van der Waals surface area contributed by atoms with Gasteiger partial charge in [-0.05, 0) is 0 Å². The fraction of sp³-hybridized carbons (Fsp3) is 0.833. The number of ether oxygens (including phenoxy) is 1. The van der Waals surface area contributed by atoms with Gasteiger partial charge in [0.15, 0.2) is 6.29 Å². The molecule has 0 bridgehead atoms. The van der Waals surface area contributed by atoms with E-state index in [0.717, 1.165) is 0 Å². The molecule has 1 unspecified atom stereocenters. The largest absolute Gasteiger partial charge is 0.547 e. The summed E-state index contributed by atoms with van der Waals surface area (Å²) in [5.74, 6) is -1.77. The lowest BCUT2D eigenvalue weighted by molar-refractivity contribution is -0.345. The first-order chi connectivity index (χ1) is 5.95. The van der Waals surface area contributed by atoms with Crippen molar-refractivity contribution in [2.45, 2.75) is 30.7 Å². The molecule has 0 spiro atoms. The third-order valence-electron chi connectivity index (χ3n) is 1.82. The number of aliphatic carboxylic acids is 1. The Kier molecular flexibility index (Phi) is 2.84. The lowest BCUT2D eigenvalue weighted by Gasteiger charge is -2.38. The van der Waals surface area contributed by atoms with E-state index < -0.39 is 36.7 Å². The Morgan fingerprint density at radius 1 is 1.08 bits per heavy atom. The van der Waals surface area contributed by atoms with Crippen molar-refractivity contribution >= 4 is 5.97 Å². The van der Waals surface area contributed by atoms with Crippen LogP contribution in [0.2, 0.25) is 0 Å². The molecular formula is C6H9O7-. The van der Waals surface area contributed by atoms with Gasteiger partial charge in [-0.25, -0.2) is 0 Å². The summed E-state index contributed by atoms with van der Waals surface area (Å²) in [6.45, 7) is 0. The van der Waals surface area contributed by atoms with Crippen molar-refractivity contribution in [1.29, 1.82) is 0 Å². The maximum atomic E-state index is 10.3. The Hall–Kier alpha value is -0.730. The van der Waals surface area contributed by atoms with Gasteiger partial charge in [0.1, 0.15) is 24.4 Å². The number of carbonyl (C=O) groups excluding carboxylic acids is 1. The topological polar surface area (TPSA) is 130 Å². The molecule has 0 aliphatic carbocycles. The first kappa shape index (κ1) is 10.4. The smallest absolute Gasteiger partial charge is 0.184 e. The molecule has 0 aromatic carbocycles. The molecule has 1 saturated heterocycles. The van der Waals surface area contributed by atoms with E-state index in [9.17, 15) is 9.90 Å². The van der Waals surface area contributed by atoms with Crippen LogP contribution in [0.4, 0.5) is 0 Å². The minimum atomic E-state index is -1.85. The molecule has 1 rings (SSSR count). The van der Waals surface area contributed by atoms with Crippen LogP contribution in [0.15, 0.2) is 0 Å². The van der Waals surface area contributed by atoms with Crippen molar-refractivity contribution in [2.75, 3.05) is 0 Å². The monoisotopic (exact) mass is 193 g/mol. The number of hydrogen-bond donors (Lipinski definition) is 4. The highest BCUT2D eigenvalue weighted by molar-refractivity contribution is 5.71. The quantitative estimate of drug-likeness (QED) is 0.330. The second kappa shape index (κ2) is 3.56. The van der Waals surface area contributed by atoms with Crippen LogP contribution in [0.3, 0.4) is 0 Å². The molecule has 5 atom stereocenters. The minimum absolute atomic E-state index is 1.73. The Morgan fingerprint density at radius 2 is 1.62 bits per heavy atom. The molecule has 1 fully saturated rings. The van der Waals surface area contributed by atoms with Gasteiger partial charge in [0.2, 0.25) is 0 Å². The third-order valence-corrected chi connectivity index (χ3v) is 1.82. The first-order valence-electron chi connectivity index (χ1n) is 3.53. The predicted octanol–water partition coefficient (Wildman–Crippen LogP) is -4.46. The molecule has 0 aromatic rings. The summed E-state index contributed by atoms with van der Waals surface area (Å²) in [4.78, 5) is 10.3. The SMILES string of the molecule is O=C([O-])[C@H]1OC(O)[C@H](O)[C@@H](O)[C@@H]1O. The number of carbonyl (C=O) groups is 1. The number of aliphatic hydroxyl groups is 4. The lowest BCUT2D eigenvalue weighted by atomic mass is 9.99. The zero-order chi connectivity index (χ0) is 10.2. The van der Waals surface area contributed by atoms with Gasteiger partial charge in [-0.1, -0.05) is 0 Å². The fourth-order valence-electron chi connectivity index (χ4n) is 1.06. The van der Waals surface area contributed by atoms with Gasteiger partial charge in [0, 0.05) is 0 Å². The van der Waals surface area contributed by atoms with Crippen LogP contribution >= 0.6 is 0 Å². The van der Waals surface area contributed by atoms with Crippen LogP contribution in [0, 0.1) is 0 Å². The molecule has 0 radical (unpaired) electrons.